The van der Waals surface area contributed by atoms with Crippen molar-refractivity contribution >= 4 is 16.0 Å². The average molecular weight is 436 g/mol. The molecule has 0 radical (unpaired) electrons. The average Bonchev–Trinajstić information content (AvgIpc) is 2.67. The highest BCUT2D eigenvalue weighted by molar-refractivity contribution is 7.87. The lowest BCUT2D eigenvalue weighted by atomic mass is 9.83. The SMILES string of the molecule is O=C(C(C1CNCC(c2ccc(C(F)(F)F)cc2)C1)S(=O)(=O)O)N1CCOCC1. The fraction of sp³-hybridized carbons (Fsp3) is 0.611. The number of morpholine rings is 1. The molecular weight excluding hydrogens is 413 g/mol. The maximum absolute atomic E-state index is 12.8. The molecule has 11 heteroatoms. The maximum Gasteiger partial charge on any atom is 0.416 e. The molecule has 1 amide bonds. The largest absolute Gasteiger partial charge is 0.416 e. The maximum atomic E-state index is 12.8. The number of halogens is 3. The lowest BCUT2D eigenvalue weighted by Crippen LogP contribution is -2.53. The van der Waals surface area contributed by atoms with Crippen molar-refractivity contribution in [1.82, 2.24) is 10.2 Å². The molecule has 1 aromatic rings. The van der Waals surface area contributed by atoms with E-state index in [1.165, 1.54) is 17.0 Å². The molecule has 0 saturated carbocycles. The summed E-state index contributed by atoms with van der Waals surface area (Å²) in [6, 6.07) is 4.70. The van der Waals surface area contributed by atoms with Crippen LogP contribution >= 0.6 is 0 Å². The first kappa shape index (κ1) is 22.0. The Kier molecular flexibility index (Phi) is 6.51. The Bertz CT molecular complexity index is 823. The highest BCUT2D eigenvalue weighted by atomic mass is 32.2. The van der Waals surface area contributed by atoms with Crippen LogP contribution in [0.4, 0.5) is 13.2 Å². The minimum absolute atomic E-state index is 0.206. The van der Waals surface area contributed by atoms with E-state index in [0.717, 1.165) is 12.1 Å². The number of nitrogens with zero attached hydrogens (tertiary/aromatic N) is 1. The minimum Gasteiger partial charge on any atom is -0.378 e. The van der Waals surface area contributed by atoms with Crippen molar-refractivity contribution in [3.8, 4) is 0 Å². The number of hydrogen-bond acceptors (Lipinski definition) is 5. The number of rotatable bonds is 4. The molecule has 2 heterocycles. The van der Waals surface area contributed by atoms with E-state index in [2.05, 4.69) is 5.32 Å². The lowest BCUT2D eigenvalue weighted by Gasteiger charge is -2.36. The van der Waals surface area contributed by atoms with Crippen molar-refractivity contribution in [2.24, 2.45) is 5.92 Å². The quantitative estimate of drug-likeness (QED) is 0.695. The lowest BCUT2D eigenvalue weighted by molar-refractivity contribution is -0.138. The molecule has 2 saturated heterocycles. The highest BCUT2D eigenvalue weighted by Gasteiger charge is 2.43. The van der Waals surface area contributed by atoms with E-state index < -0.39 is 38.9 Å². The number of piperidine rings is 1. The van der Waals surface area contributed by atoms with E-state index in [4.69, 9.17) is 4.74 Å². The Hall–Kier alpha value is -1.69. The van der Waals surface area contributed by atoms with E-state index in [9.17, 15) is 30.9 Å². The first-order chi connectivity index (χ1) is 13.6. The van der Waals surface area contributed by atoms with Gasteiger partial charge in [-0.2, -0.15) is 21.6 Å². The van der Waals surface area contributed by atoms with Crippen LogP contribution in [0.25, 0.3) is 0 Å². The first-order valence-corrected chi connectivity index (χ1v) is 10.8. The smallest absolute Gasteiger partial charge is 0.378 e. The van der Waals surface area contributed by atoms with Crippen molar-refractivity contribution in [2.45, 2.75) is 23.8 Å². The summed E-state index contributed by atoms with van der Waals surface area (Å²) in [4.78, 5) is 14.2. The fourth-order valence-electron chi connectivity index (χ4n) is 3.94. The van der Waals surface area contributed by atoms with Gasteiger partial charge in [0.2, 0.25) is 5.91 Å². The Balaban J connectivity index is 1.78. The number of carbonyl (C=O) groups excluding carboxylic acids is 1. The third kappa shape index (κ3) is 5.27. The molecule has 2 aliphatic rings. The van der Waals surface area contributed by atoms with Gasteiger partial charge < -0.3 is 15.0 Å². The molecule has 0 aromatic heterocycles. The minimum atomic E-state index is -4.67. The zero-order valence-electron chi connectivity index (χ0n) is 15.6. The summed E-state index contributed by atoms with van der Waals surface area (Å²) < 4.78 is 77.3. The topological polar surface area (TPSA) is 95.9 Å². The van der Waals surface area contributed by atoms with Crippen molar-refractivity contribution < 1.29 is 35.7 Å². The Morgan fingerprint density at radius 3 is 2.34 bits per heavy atom. The number of carbonyl (C=O) groups is 1. The third-order valence-corrected chi connectivity index (χ3v) is 6.64. The van der Waals surface area contributed by atoms with E-state index in [1.54, 1.807) is 0 Å². The number of hydrogen-bond donors (Lipinski definition) is 2. The van der Waals surface area contributed by atoms with E-state index >= 15 is 0 Å². The van der Waals surface area contributed by atoms with Crippen LogP contribution in [0, 0.1) is 5.92 Å². The van der Waals surface area contributed by atoms with Gasteiger partial charge in [-0.3, -0.25) is 9.35 Å². The van der Waals surface area contributed by atoms with Crippen LogP contribution < -0.4 is 5.32 Å². The number of nitrogens with one attached hydrogen (secondary N) is 1. The summed E-state index contributed by atoms with van der Waals surface area (Å²) in [5.41, 5.74) is -0.150. The van der Waals surface area contributed by atoms with Gasteiger partial charge >= 0.3 is 6.18 Å². The van der Waals surface area contributed by atoms with E-state index in [1.807, 2.05) is 0 Å². The molecule has 0 spiro atoms. The predicted molar refractivity (Wildman–Crippen MR) is 97.9 cm³/mol. The van der Waals surface area contributed by atoms with E-state index in [-0.39, 0.29) is 32.0 Å². The zero-order valence-corrected chi connectivity index (χ0v) is 16.4. The van der Waals surface area contributed by atoms with Gasteiger partial charge in [-0.05, 0) is 36.6 Å². The van der Waals surface area contributed by atoms with Crippen LogP contribution in [0.3, 0.4) is 0 Å². The molecule has 2 fully saturated rings. The molecule has 3 atom stereocenters. The number of benzene rings is 1. The van der Waals surface area contributed by atoms with Gasteiger partial charge in [0.05, 0.1) is 18.8 Å². The summed E-state index contributed by atoms with van der Waals surface area (Å²) >= 11 is 0. The molecule has 3 rings (SSSR count). The van der Waals surface area contributed by atoms with Crippen molar-refractivity contribution in [3.63, 3.8) is 0 Å². The number of ether oxygens (including phenoxy) is 1. The first-order valence-electron chi connectivity index (χ1n) is 9.28. The second kappa shape index (κ2) is 8.58. The van der Waals surface area contributed by atoms with Crippen LogP contribution in [0.5, 0.6) is 0 Å². The highest BCUT2D eigenvalue weighted by Crippen LogP contribution is 2.34. The molecule has 2 N–H and O–H groups in total. The summed E-state index contributed by atoms with van der Waals surface area (Å²) in [5, 5.41) is 1.43. The van der Waals surface area contributed by atoms with Crippen LogP contribution in [0.1, 0.15) is 23.5 Å². The third-order valence-electron chi connectivity index (χ3n) is 5.41. The van der Waals surface area contributed by atoms with Gasteiger partial charge in [0.1, 0.15) is 0 Å². The van der Waals surface area contributed by atoms with Crippen LogP contribution in [-0.4, -0.2) is 68.4 Å². The standard InChI is InChI=1S/C18H23F3N2O5S/c19-18(20,21)15-3-1-12(2-4-15)13-9-14(11-22-10-13)16(29(25,26)27)17(24)23-5-7-28-8-6-23/h1-4,13-14,16,22H,5-11H2,(H,25,26,27). The molecule has 0 bridgehead atoms. The summed E-state index contributed by atoms with van der Waals surface area (Å²) in [6.45, 7) is 1.71. The monoisotopic (exact) mass is 436 g/mol. The summed E-state index contributed by atoms with van der Waals surface area (Å²) in [5.74, 6) is -1.66. The van der Waals surface area contributed by atoms with Gasteiger partial charge in [-0.1, -0.05) is 12.1 Å². The molecular formula is C18H23F3N2O5S. The van der Waals surface area contributed by atoms with Crippen molar-refractivity contribution in [2.75, 3.05) is 39.4 Å². The van der Waals surface area contributed by atoms with Crippen LogP contribution in [0.15, 0.2) is 24.3 Å². The fourth-order valence-corrected chi connectivity index (χ4v) is 5.04. The predicted octanol–water partition coefficient (Wildman–Crippen LogP) is 1.51. The number of alkyl halides is 3. The van der Waals surface area contributed by atoms with Gasteiger partial charge in [0, 0.05) is 25.6 Å². The molecule has 7 nitrogen and oxygen atoms in total. The molecule has 3 unspecified atom stereocenters. The van der Waals surface area contributed by atoms with Gasteiger partial charge in [-0.15, -0.1) is 0 Å². The van der Waals surface area contributed by atoms with Crippen molar-refractivity contribution in [3.05, 3.63) is 35.4 Å². The Morgan fingerprint density at radius 2 is 1.79 bits per heavy atom. The molecule has 0 aliphatic carbocycles. The van der Waals surface area contributed by atoms with Crippen LogP contribution in [0.2, 0.25) is 0 Å². The van der Waals surface area contributed by atoms with Gasteiger partial charge in [0.25, 0.3) is 10.1 Å². The second-order valence-corrected chi connectivity index (χ2v) is 8.88. The second-order valence-electron chi connectivity index (χ2n) is 7.34. The summed E-state index contributed by atoms with van der Waals surface area (Å²) in [7, 11) is -4.67. The molecule has 162 valence electrons. The normalized spacial score (nSPS) is 24.9. The van der Waals surface area contributed by atoms with Crippen LogP contribution in [-0.2, 0) is 25.8 Å². The zero-order chi connectivity index (χ0) is 21.2. The molecule has 1 aromatic carbocycles. The van der Waals surface area contributed by atoms with Crippen molar-refractivity contribution in [1.29, 1.82) is 0 Å². The van der Waals surface area contributed by atoms with Gasteiger partial charge in [0.15, 0.2) is 5.25 Å². The summed E-state index contributed by atoms with van der Waals surface area (Å²) in [6.07, 6.45) is -4.19. The number of amides is 1. The molecule has 2 aliphatic heterocycles. The van der Waals surface area contributed by atoms with Gasteiger partial charge in [-0.25, -0.2) is 0 Å². The Morgan fingerprint density at radius 1 is 1.17 bits per heavy atom. The van der Waals surface area contributed by atoms with E-state index in [0.29, 0.717) is 25.3 Å². The Labute approximate surface area is 167 Å². The molecule has 29 heavy (non-hydrogen) atoms.